The largest absolute Gasteiger partial charge is 0.416 e. The fourth-order valence-corrected chi connectivity index (χ4v) is 2.55. The van der Waals surface area contributed by atoms with Crippen LogP contribution in [-0.4, -0.2) is 15.9 Å². The molecule has 0 unspecified atom stereocenters. The first-order chi connectivity index (χ1) is 12.8. The lowest BCUT2D eigenvalue weighted by Crippen LogP contribution is -2.04. The number of aliphatic imine (C=N–C) groups is 1. The Kier molecular flexibility index (Phi) is 4.94. The molecular weight excluding hydrogens is 358 g/mol. The Hall–Kier alpha value is -3.22. The summed E-state index contributed by atoms with van der Waals surface area (Å²) in [5.41, 5.74) is 2.14. The second-order valence-corrected chi connectivity index (χ2v) is 5.81. The van der Waals surface area contributed by atoms with Gasteiger partial charge in [-0.15, -0.1) is 0 Å². The van der Waals surface area contributed by atoms with Crippen LogP contribution in [0, 0.1) is 0 Å². The number of H-pyrrole nitrogens is 1. The van der Waals surface area contributed by atoms with E-state index in [1.54, 1.807) is 30.3 Å². The lowest BCUT2D eigenvalue weighted by molar-refractivity contribution is -0.137. The first-order valence-corrected chi connectivity index (χ1v) is 7.98. The smallest absolute Gasteiger partial charge is 0.338 e. The van der Waals surface area contributed by atoms with E-state index < -0.39 is 17.7 Å². The first-order valence-electron chi connectivity index (χ1n) is 7.98. The van der Waals surface area contributed by atoms with Crippen molar-refractivity contribution in [1.29, 1.82) is 0 Å². The first kappa shape index (κ1) is 18.6. The number of nitrogens with one attached hydrogen (secondary N) is 1. The quantitative estimate of drug-likeness (QED) is 0.332. The van der Waals surface area contributed by atoms with Gasteiger partial charge in [0.15, 0.2) is 5.97 Å². The minimum Gasteiger partial charge on any atom is -0.338 e. The predicted octanol–water partition coefficient (Wildman–Crippen LogP) is 6.16. The van der Waals surface area contributed by atoms with Crippen molar-refractivity contribution in [2.24, 2.45) is 4.99 Å². The lowest BCUT2D eigenvalue weighted by atomic mass is 10.0. The van der Waals surface area contributed by atoms with Gasteiger partial charge in [-0.2, -0.15) is 17.6 Å². The van der Waals surface area contributed by atoms with Gasteiger partial charge in [0.05, 0.1) is 16.6 Å². The number of aromatic amines is 1. The summed E-state index contributed by atoms with van der Waals surface area (Å²) < 4.78 is 51.3. The minimum absolute atomic E-state index is 0.309. The SMILES string of the molecule is C=C/C(=C\N=C(C)F)c1ccc(-c2nc3ccc(C(F)(F)F)cc3[nH]2)cc1. The Balaban J connectivity index is 1.94. The summed E-state index contributed by atoms with van der Waals surface area (Å²) in [5, 5.41) is 0. The molecule has 7 heteroatoms. The van der Waals surface area contributed by atoms with Gasteiger partial charge in [-0.25, -0.2) is 9.98 Å². The Morgan fingerprint density at radius 2 is 1.85 bits per heavy atom. The van der Waals surface area contributed by atoms with Crippen molar-refractivity contribution in [1.82, 2.24) is 9.97 Å². The van der Waals surface area contributed by atoms with Gasteiger partial charge >= 0.3 is 6.18 Å². The molecule has 0 aliphatic heterocycles. The molecule has 0 spiro atoms. The van der Waals surface area contributed by atoms with Crippen molar-refractivity contribution < 1.29 is 17.6 Å². The van der Waals surface area contributed by atoms with Gasteiger partial charge in [0, 0.05) is 18.7 Å². The van der Waals surface area contributed by atoms with Crippen LogP contribution >= 0.6 is 0 Å². The minimum atomic E-state index is -4.41. The molecule has 2 aromatic carbocycles. The highest BCUT2D eigenvalue weighted by Gasteiger charge is 2.30. The summed E-state index contributed by atoms with van der Waals surface area (Å²) in [6.07, 6.45) is -1.48. The van der Waals surface area contributed by atoms with E-state index in [1.807, 2.05) is 0 Å². The van der Waals surface area contributed by atoms with Gasteiger partial charge < -0.3 is 4.98 Å². The summed E-state index contributed by atoms with van der Waals surface area (Å²) in [6.45, 7) is 4.92. The van der Waals surface area contributed by atoms with Gasteiger partial charge in [-0.05, 0) is 29.3 Å². The van der Waals surface area contributed by atoms with Crippen molar-refractivity contribution in [2.75, 3.05) is 0 Å². The summed E-state index contributed by atoms with van der Waals surface area (Å²) in [6, 6.07) is 10.5. The van der Waals surface area contributed by atoms with Gasteiger partial charge in [0.2, 0.25) is 0 Å². The number of alkyl halides is 3. The standard InChI is InChI=1S/C20H15F4N3/c1-3-13(11-25-12(2)21)14-4-6-15(7-5-14)19-26-17-9-8-16(20(22,23)24)10-18(17)27-19/h3-11H,1H2,2H3,(H,26,27)/b13-11+,25-12?. The molecule has 1 heterocycles. The molecule has 0 aliphatic rings. The van der Waals surface area contributed by atoms with E-state index in [9.17, 15) is 17.6 Å². The summed E-state index contributed by atoms with van der Waals surface area (Å²) >= 11 is 0. The van der Waals surface area contributed by atoms with Gasteiger partial charge in [0.25, 0.3) is 0 Å². The Bertz CT molecular complexity index is 1040. The molecule has 138 valence electrons. The number of hydrogen-bond acceptors (Lipinski definition) is 2. The Labute approximate surface area is 152 Å². The number of rotatable bonds is 4. The molecular formula is C20H15F4N3. The Morgan fingerprint density at radius 3 is 2.44 bits per heavy atom. The van der Waals surface area contributed by atoms with Crippen LogP contribution in [0.3, 0.4) is 0 Å². The molecule has 1 aromatic heterocycles. The van der Waals surface area contributed by atoms with Crippen molar-refractivity contribution in [3.05, 3.63) is 72.4 Å². The van der Waals surface area contributed by atoms with E-state index in [0.717, 1.165) is 17.7 Å². The van der Waals surface area contributed by atoms with Crippen LogP contribution in [0.5, 0.6) is 0 Å². The van der Waals surface area contributed by atoms with Crippen molar-refractivity contribution in [3.8, 4) is 11.4 Å². The van der Waals surface area contributed by atoms with Gasteiger partial charge in [-0.1, -0.05) is 36.9 Å². The zero-order chi connectivity index (χ0) is 19.6. The number of halogens is 4. The molecule has 27 heavy (non-hydrogen) atoms. The second kappa shape index (κ2) is 7.19. The summed E-state index contributed by atoms with van der Waals surface area (Å²) in [4.78, 5) is 10.9. The summed E-state index contributed by atoms with van der Waals surface area (Å²) in [7, 11) is 0. The normalized spacial score (nSPS) is 13.2. The molecule has 0 aliphatic carbocycles. The molecule has 0 fully saturated rings. The topological polar surface area (TPSA) is 41.0 Å². The number of nitrogens with zero attached hydrogens (tertiary/aromatic N) is 2. The maximum absolute atomic E-state index is 12.8. The van der Waals surface area contributed by atoms with E-state index in [0.29, 0.717) is 28.0 Å². The lowest BCUT2D eigenvalue weighted by Gasteiger charge is -2.05. The molecule has 3 rings (SSSR count). The van der Waals surface area contributed by atoms with Crippen LogP contribution in [0.2, 0.25) is 0 Å². The van der Waals surface area contributed by atoms with E-state index in [4.69, 9.17) is 0 Å². The molecule has 0 radical (unpaired) electrons. The fraction of sp³-hybridized carbons (Fsp3) is 0.100. The second-order valence-electron chi connectivity index (χ2n) is 5.81. The molecule has 0 amide bonds. The fourth-order valence-electron chi connectivity index (χ4n) is 2.55. The van der Waals surface area contributed by atoms with Crippen LogP contribution < -0.4 is 0 Å². The number of benzene rings is 2. The average molecular weight is 373 g/mol. The highest BCUT2D eigenvalue weighted by atomic mass is 19.4. The van der Waals surface area contributed by atoms with E-state index >= 15 is 0 Å². The van der Waals surface area contributed by atoms with Crippen molar-refractivity contribution in [3.63, 3.8) is 0 Å². The maximum Gasteiger partial charge on any atom is 0.416 e. The van der Waals surface area contributed by atoms with Gasteiger partial charge in [0.1, 0.15) is 5.82 Å². The molecule has 3 aromatic rings. The summed E-state index contributed by atoms with van der Waals surface area (Å²) in [5.74, 6) is -0.107. The van der Waals surface area contributed by atoms with Crippen LogP contribution in [0.1, 0.15) is 18.1 Å². The van der Waals surface area contributed by atoms with E-state index in [1.165, 1.54) is 19.2 Å². The van der Waals surface area contributed by atoms with Crippen LogP contribution in [0.4, 0.5) is 17.6 Å². The Morgan fingerprint density at radius 1 is 1.15 bits per heavy atom. The van der Waals surface area contributed by atoms with Crippen LogP contribution in [0.25, 0.3) is 28.0 Å². The third-order valence-corrected chi connectivity index (χ3v) is 3.90. The highest BCUT2D eigenvalue weighted by molar-refractivity contribution is 5.81. The van der Waals surface area contributed by atoms with Crippen LogP contribution in [0.15, 0.2) is 66.3 Å². The maximum atomic E-state index is 12.8. The highest BCUT2D eigenvalue weighted by Crippen LogP contribution is 2.32. The zero-order valence-corrected chi connectivity index (χ0v) is 14.3. The zero-order valence-electron chi connectivity index (χ0n) is 14.3. The van der Waals surface area contributed by atoms with Crippen molar-refractivity contribution >= 4 is 22.6 Å². The number of aromatic nitrogens is 2. The molecule has 0 saturated heterocycles. The molecule has 0 atom stereocenters. The predicted molar refractivity (Wildman–Crippen MR) is 98.9 cm³/mol. The molecule has 1 N–H and O–H groups in total. The number of fused-ring (bicyclic) bond motifs is 1. The number of imidazole rings is 1. The third-order valence-electron chi connectivity index (χ3n) is 3.90. The number of hydrogen-bond donors (Lipinski definition) is 1. The van der Waals surface area contributed by atoms with E-state index in [-0.39, 0.29) is 0 Å². The molecule has 0 saturated carbocycles. The molecule has 3 nitrogen and oxygen atoms in total. The van der Waals surface area contributed by atoms with Crippen LogP contribution in [-0.2, 0) is 6.18 Å². The third kappa shape index (κ3) is 4.13. The number of allylic oxidation sites excluding steroid dienone is 2. The van der Waals surface area contributed by atoms with E-state index in [2.05, 4.69) is 21.5 Å². The molecule has 0 bridgehead atoms. The van der Waals surface area contributed by atoms with Crippen molar-refractivity contribution in [2.45, 2.75) is 13.1 Å². The average Bonchev–Trinajstić information content (AvgIpc) is 3.05. The van der Waals surface area contributed by atoms with Gasteiger partial charge in [-0.3, -0.25) is 0 Å². The monoisotopic (exact) mass is 373 g/mol.